The lowest BCUT2D eigenvalue weighted by molar-refractivity contribution is -0.297. The van der Waals surface area contributed by atoms with Crippen molar-refractivity contribution in [1.29, 1.82) is 0 Å². The summed E-state index contributed by atoms with van der Waals surface area (Å²) in [5.74, 6) is -2.12. The summed E-state index contributed by atoms with van der Waals surface area (Å²) in [6.45, 7) is 3.54. The number of hydrogen-bond acceptors (Lipinski definition) is 11. The van der Waals surface area contributed by atoms with Crippen LogP contribution in [0.15, 0.2) is 85.1 Å². The van der Waals surface area contributed by atoms with Gasteiger partial charge in [-0.3, -0.25) is 14.1 Å². The predicted molar refractivity (Wildman–Crippen MR) is 238 cm³/mol. The molecule has 0 radical (unpaired) electrons. The maximum atomic E-state index is 12.8. The first-order valence-electron chi connectivity index (χ1n) is 22.1. The number of aliphatic hydroxyl groups is 3. The van der Waals surface area contributed by atoms with Crippen molar-refractivity contribution in [3.63, 3.8) is 0 Å². The van der Waals surface area contributed by atoms with Crippen LogP contribution in [0.1, 0.15) is 142 Å². The summed E-state index contributed by atoms with van der Waals surface area (Å²) in [5, 5.41) is 30.9. The zero-order valence-electron chi connectivity index (χ0n) is 36.3. The Bertz CT molecular complexity index is 1430. The number of ether oxygens (including phenoxy) is 4. The van der Waals surface area contributed by atoms with E-state index in [2.05, 4.69) is 86.8 Å². The monoisotopic (exact) mass is 865 g/mol. The van der Waals surface area contributed by atoms with E-state index < -0.39 is 71.2 Å². The van der Waals surface area contributed by atoms with Crippen LogP contribution in [-0.2, 0) is 38.7 Å². The lowest BCUT2D eigenvalue weighted by Crippen LogP contribution is -2.60. The van der Waals surface area contributed by atoms with Gasteiger partial charge in [-0.25, -0.2) is 0 Å². The largest absolute Gasteiger partial charge is 0.462 e. The normalized spacial score (nSPS) is 20.9. The zero-order valence-corrected chi connectivity index (χ0v) is 37.1. The van der Waals surface area contributed by atoms with E-state index in [1.54, 1.807) is 0 Å². The Labute approximate surface area is 360 Å². The third-order valence-electron chi connectivity index (χ3n) is 9.46. The van der Waals surface area contributed by atoms with E-state index in [9.17, 15) is 37.9 Å². The van der Waals surface area contributed by atoms with Crippen LogP contribution in [0.25, 0.3) is 0 Å². The van der Waals surface area contributed by atoms with Crippen LogP contribution in [-0.4, -0.2) is 96.0 Å². The van der Waals surface area contributed by atoms with E-state index in [0.717, 1.165) is 57.8 Å². The molecule has 0 bridgehead atoms. The lowest BCUT2D eigenvalue weighted by atomic mass is 10.00. The molecule has 342 valence electrons. The van der Waals surface area contributed by atoms with E-state index in [-0.39, 0.29) is 19.4 Å². The van der Waals surface area contributed by atoms with Crippen molar-refractivity contribution in [2.45, 2.75) is 179 Å². The van der Waals surface area contributed by atoms with Gasteiger partial charge in [0.25, 0.3) is 10.1 Å². The molecule has 0 saturated carbocycles. The number of aliphatic hydroxyl groups excluding tert-OH is 3. The molecule has 1 aliphatic heterocycles. The zero-order chi connectivity index (χ0) is 44.1. The summed E-state index contributed by atoms with van der Waals surface area (Å²) in [4.78, 5) is 25.4. The minimum Gasteiger partial charge on any atom is -0.462 e. The van der Waals surface area contributed by atoms with Crippen molar-refractivity contribution < 1.29 is 56.8 Å². The van der Waals surface area contributed by atoms with Crippen LogP contribution in [0.3, 0.4) is 0 Å². The van der Waals surface area contributed by atoms with Crippen molar-refractivity contribution in [2.24, 2.45) is 0 Å². The average molecular weight is 865 g/mol. The number of hydrogen-bond donors (Lipinski definition) is 4. The van der Waals surface area contributed by atoms with Crippen molar-refractivity contribution in [1.82, 2.24) is 0 Å². The Morgan fingerprint density at radius 1 is 0.583 bits per heavy atom. The van der Waals surface area contributed by atoms with Gasteiger partial charge in [0.1, 0.15) is 36.8 Å². The second-order valence-corrected chi connectivity index (χ2v) is 16.5. The van der Waals surface area contributed by atoms with E-state index in [0.29, 0.717) is 19.3 Å². The first-order chi connectivity index (χ1) is 29.0. The van der Waals surface area contributed by atoms with Crippen LogP contribution in [0.5, 0.6) is 0 Å². The van der Waals surface area contributed by atoms with Gasteiger partial charge in [0, 0.05) is 12.8 Å². The Balaban J connectivity index is 2.54. The summed E-state index contributed by atoms with van der Waals surface area (Å²) in [7, 11) is -4.62. The molecule has 1 saturated heterocycles. The highest BCUT2D eigenvalue weighted by molar-refractivity contribution is 7.85. The molecule has 2 unspecified atom stereocenters. The molecular weight excluding hydrogens is 789 g/mol. The van der Waals surface area contributed by atoms with Gasteiger partial charge in [-0.1, -0.05) is 131 Å². The summed E-state index contributed by atoms with van der Waals surface area (Å²) in [6.07, 6.45) is 37.8. The molecule has 4 N–H and O–H groups in total. The molecule has 60 heavy (non-hydrogen) atoms. The number of rotatable bonds is 35. The highest BCUT2D eigenvalue weighted by Gasteiger charge is 2.46. The van der Waals surface area contributed by atoms with Crippen LogP contribution in [0, 0.1) is 0 Å². The highest BCUT2D eigenvalue weighted by Crippen LogP contribution is 2.24. The molecule has 0 aromatic carbocycles. The maximum Gasteiger partial charge on any atom is 0.306 e. The van der Waals surface area contributed by atoms with E-state index >= 15 is 0 Å². The highest BCUT2D eigenvalue weighted by atomic mass is 32.2. The standard InChI is InChI=1S/C47H76O12S/c1-3-5-7-9-11-13-15-17-19-20-22-24-26-28-30-32-34-36-43(49)58-40(38-57-47-46(52)45(51)44(50)41(59-47)39-60(53,54)55)37-56-42(48)35-33-31-29-27-25-23-21-18-16-14-12-10-8-6-4-2/h5,7,11,13,17-19,21-22,24-25,27-28,30,40-41,44-47,50-52H,3-4,6,8-10,12,14-16,20,23,26,29,31-39H2,1-2H3,(H,53,54,55)/b7-5+,13-11+,19-17+,21-18+,24-22+,27-25+,30-28+/t40-,41-,44-,45?,46?,47+/m1/s1. The quantitative estimate of drug-likeness (QED) is 0.0206. The second-order valence-electron chi connectivity index (χ2n) is 15.0. The second kappa shape index (κ2) is 36.5. The molecule has 6 atom stereocenters. The predicted octanol–water partition coefficient (Wildman–Crippen LogP) is 8.89. The molecule has 0 amide bonds. The summed E-state index contributed by atoms with van der Waals surface area (Å²) in [5.41, 5.74) is 0. The van der Waals surface area contributed by atoms with Gasteiger partial charge >= 0.3 is 11.9 Å². The molecule has 1 heterocycles. The van der Waals surface area contributed by atoms with Crippen LogP contribution >= 0.6 is 0 Å². The number of esters is 2. The topological polar surface area (TPSA) is 186 Å². The molecule has 0 aromatic heterocycles. The Morgan fingerprint density at radius 3 is 1.62 bits per heavy atom. The minimum atomic E-state index is -4.62. The molecule has 13 heteroatoms. The van der Waals surface area contributed by atoms with Crippen LogP contribution < -0.4 is 0 Å². The molecular formula is C47H76O12S. The van der Waals surface area contributed by atoms with Gasteiger partial charge in [0.05, 0.1) is 6.61 Å². The first kappa shape index (κ1) is 54.8. The van der Waals surface area contributed by atoms with Gasteiger partial charge in [-0.2, -0.15) is 8.42 Å². The number of unbranched alkanes of at least 4 members (excludes halogenated alkanes) is 9. The first-order valence-corrected chi connectivity index (χ1v) is 23.8. The van der Waals surface area contributed by atoms with Gasteiger partial charge in [-0.05, 0) is 83.5 Å². The van der Waals surface area contributed by atoms with Crippen molar-refractivity contribution in [2.75, 3.05) is 19.0 Å². The lowest BCUT2D eigenvalue weighted by Gasteiger charge is -2.40. The maximum absolute atomic E-state index is 12.8. The van der Waals surface area contributed by atoms with E-state index in [1.807, 2.05) is 12.2 Å². The SMILES string of the molecule is CC/C=C/C/C=C/C/C=C/C/C=C/C/C=C/CCCC(=O)O[C@H](COC(=O)CCCC/C=C/C/C=C/CCCCCCCC)CO[C@H]1O[C@H](CS(=O)(=O)O)[C@@H](O)C(O)C1O. The van der Waals surface area contributed by atoms with Crippen molar-refractivity contribution in [3.8, 4) is 0 Å². The third-order valence-corrected chi connectivity index (χ3v) is 10.2. The Kier molecular flexibility index (Phi) is 33.3. The Morgan fingerprint density at radius 2 is 1.07 bits per heavy atom. The fourth-order valence-corrected chi connectivity index (χ4v) is 6.73. The van der Waals surface area contributed by atoms with Crippen molar-refractivity contribution in [3.05, 3.63) is 85.1 Å². The van der Waals surface area contributed by atoms with Crippen LogP contribution in [0.2, 0.25) is 0 Å². The average Bonchev–Trinajstić information content (AvgIpc) is 3.21. The molecule has 0 aliphatic carbocycles. The molecule has 1 aliphatic rings. The van der Waals surface area contributed by atoms with Crippen molar-refractivity contribution >= 4 is 22.1 Å². The molecule has 12 nitrogen and oxygen atoms in total. The number of carbonyl (C=O) groups excluding carboxylic acids is 2. The molecule has 0 aromatic rings. The molecule has 1 fully saturated rings. The van der Waals surface area contributed by atoms with Gasteiger partial charge in [-0.15, -0.1) is 0 Å². The smallest absolute Gasteiger partial charge is 0.306 e. The molecule has 0 spiro atoms. The summed E-state index contributed by atoms with van der Waals surface area (Å²) < 4.78 is 53.9. The molecule has 1 rings (SSSR count). The van der Waals surface area contributed by atoms with Gasteiger partial charge in [0.15, 0.2) is 12.4 Å². The third kappa shape index (κ3) is 30.8. The van der Waals surface area contributed by atoms with Gasteiger partial charge in [0.2, 0.25) is 0 Å². The fourth-order valence-electron chi connectivity index (χ4n) is 6.03. The minimum absolute atomic E-state index is 0.0745. The van der Waals surface area contributed by atoms with Crippen LogP contribution in [0.4, 0.5) is 0 Å². The number of carbonyl (C=O) groups is 2. The van der Waals surface area contributed by atoms with E-state index in [1.165, 1.54) is 38.5 Å². The fraction of sp³-hybridized carbons (Fsp3) is 0.660. The Hall–Kier alpha value is -3.17. The summed E-state index contributed by atoms with van der Waals surface area (Å²) in [6, 6.07) is 0. The van der Waals surface area contributed by atoms with E-state index in [4.69, 9.17) is 18.9 Å². The summed E-state index contributed by atoms with van der Waals surface area (Å²) >= 11 is 0. The van der Waals surface area contributed by atoms with Gasteiger partial charge < -0.3 is 34.3 Å². The number of allylic oxidation sites excluding steroid dienone is 14.